The van der Waals surface area contributed by atoms with Crippen LogP contribution < -0.4 is 5.73 Å². The lowest BCUT2D eigenvalue weighted by atomic mass is 10.1. The fourth-order valence-electron chi connectivity index (χ4n) is 1.32. The number of rotatable bonds is 4. The van der Waals surface area contributed by atoms with E-state index in [0.717, 1.165) is 15.6 Å². The maximum atomic E-state index is 9.78. The summed E-state index contributed by atoms with van der Waals surface area (Å²) in [5, 5.41) is 20.2. The molecule has 0 saturated carbocycles. The van der Waals surface area contributed by atoms with E-state index in [0.29, 0.717) is 13.0 Å². The molecule has 0 saturated heterocycles. The summed E-state index contributed by atoms with van der Waals surface area (Å²) in [4.78, 5) is 4.93. The molecule has 5 heteroatoms. The van der Waals surface area contributed by atoms with Crippen LogP contribution in [0, 0.1) is 13.8 Å². The molecule has 1 rings (SSSR count). The van der Waals surface area contributed by atoms with Crippen molar-refractivity contribution in [3.05, 3.63) is 15.6 Å². The highest BCUT2D eigenvalue weighted by atomic mass is 32.1. The Bertz CT molecular complexity index is 301. The quantitative estimate of drug-likeness (QED) is 0.685. The van der Waals surface area contributed by atoms with E-state index in [1.165, 1.54) is 11.3 Å². The van der Waals surface area contributed by atoms with E-state index in [1.807, 2.05) is 13.8 Å². The minimum absolute atomic E-state index is 0.370. The van der Waals surface area contributed by atoms with Crippen LogP contribution in [0.3, 0.4) is 0 Å². The minimum Gasteiger partial charge on any atom is -0.390 e. The lowest BCUT2D eigenvalue weighted by molar-refractivity contribution is 0.0167. The van der Waals surface area contributed by atoms with Crippen molar-refractivity contribution in [2.45, 2.75) is 32.5 Å². The average Bonchev–Trinajstić information content (AvgIpc) is 2.44. The Hall–Kier alpha value is -0.490. The Morgan fingerprint density at radius 2 is 2.07 bits per heavy atom. The molecule has 2 atom stereocenters. The molecular formula is C9H16N2O2S. The van der Waals surface area contributed by atoms with E-state index in [-0.39, 0.29) is 0 Å². The SMILES string of the molecule is Cc1nc(C)c(C(O)C(O)CCN)s1. The number of thiazole rings is 1. The third kappa shape index (κ3) is 2.51. The van der Waals surface area contributed by atoms with Gasteiger partial charge in [-0.2, -0.15) is 0 Å². The topological polar surface area (TPSA) is 79.4 Å². The third-order valence-electron chi connectivity index (χ3n) is 2.03. The molecule has 0 fully saturated rings. The molecule has 0 bridgehead atoms. The van der Waals surface area contributed by atoms with Gasteiger partial charge in [0.05, 0.1) is 21.7 Å². The molecule has 14 heavy (non-hydrogen) atoms. The van der Waals surface area contributed by atoms with Crippen molar-refractivity contribution in [2.24, 2.45) is 5.73 Å². The van der Waals surface area contributed by atoms with E-state index in [2.05, 4.69) is 4.98 Å². The van der Waals surface area contributed by atoms with Gasteiger partial charge in [-0.15, -0.1) is 11.3 Å². The lowest BCUT2D eigenvalue weighted by Crippen LogP contribution is -2.21. The molecule has 80 valence electrons. The molecule has 2 unspecified atom stereocenters. The summed E-state index contributed by atoms with van der Waals surface area (Å²) in [6, 6.07) is 0. The van der Waals surface area contributed by atoms with Gasteiger partial charge in [-0.1, -0.05) is 0 Å². The van der Waals surface area contributed by atoms with Gasteiger partial charge in [-0.25, -0.2) is 4.98 Å². The summed E-state index contributed by atoms with van der Waals surface area (Å²) in [5.41, 5.74) is 6.09. The number of aliphatic hydroxyl groups excluding tert-OH is 2. The van der Waals surface area contributed by atoms with Crippen molar-refractivity contribution < 1.29 is 10.2 Å². The summed E-state index contributed by atoms with van der Waals surface area (Å²) >= 11 is 1.41. The molecule has 1 aromatic heterocycles. The maximum Gasteiger partial charge on any atom is 0.116 e. The molecule has 1 heterocycles. The Balaban J connectivity index is 2.77. The lowest BCUT2D eigenvalue weighted by Gasteiger charge is -2.15. The van der Waals surface area contributed by atoms with E-state index >= 15 is 0 Å². The Labute approximate surface area is 87.4 Å². The van der Waals surface area contributed by atoms with Crippen LogP contribution in [0.5, 0.6) is 0 Å². The number of aryl methyl sites for hydroxylation is 2. The maximum absolute atomic E-state index is 9.78. The highest BCUT2D eigenvalue weighted by Crippen LogP contribution is 2.27. The molecule has 0 aromatic carbocycles. The van der Waals surface area contributed by atoms with Crippen LogP contribution >= 0.6 is 11.3 Å². The standard InChI is InChI=1S/C9H16N2O2S/c1-5-9(14-6(2)11-5)8(13)7(12)3-4-10/h7-8,12-13H,3-4,10H2,1-2H3. The summed E-state index contributed by atoms with van der Waals surface area (Å²) in [6.45, 7) is 4.08. The van der Waals surface area contributed by atoms with E-state index < -0.39 is 12.2 Å². The largest absolute Gasteiger partial charge is 0.390 e. The second kappa shape index (κ2) is 4.84. The second-order valence-electron chi connectivity index (χ2n) is 3.27. The Kier molecular flexibility index (Phi) is 4.00. The molecule has 4 nitrogen and oxygen atoms in total. The molecule has 0 radical (unpaired) electrons. The van der Waals surface area contributed by atoms with Crippen molar-refractivity contribution in [3.8, 4) is 0 Å². The van der Waals surface area contributed by atoms with Crippen LogP contribution in [0.25, 0.3) is 0 Å². The molecule has 0 amide bonds. The highest BCUT2D eigenvalue weighted by Gasteiger charge is 2.21. The zero-order chi connectivity index (χ0) is 10.7. The smallest absolute Gasteiger partial charge is 0.116 e. The van der Waals surface area contributed by atoms with Gasteiger partial charge in [0.2, 0.25) is 0 Å². The number of hydrogen-bond donors (Lipinski definition) is 3. The molecular weight excluding hydrogens is 200 g/mol. The number of aliphatic hydroxyl groups is 2. The second-order valence-corrected chi connectivity index (χ2v) is 4.51. The first-order valence-electron chi connectivity index (χ1n) is 4.56. The molecule has 0 aliphatic rings. The van der Waals surface area contributed by atoms with Crippen LogP contribution in [0.2, 0.25) is 0 Å². The van der Waals surface area contributed by atoms with Gasteiger partial charge in [0.25, 0.3) is 0 Å². The minimum atomic E-state index is -0.857. The van der Waals surface area contributed by atoms with Crippen molar-refractivity contribution in [1.29, 1.82) is 0 Å². The number of hydrogen-bond acceptors (Lipinski definition) is 5. The van der Waals surface area contributed by atoms with Crippen LogP contribution in [0.4, 0.5) is 0 Å². The fraction of sp³-hybridized carbons (Fsp3) is 0.667. The van der Waals surface area contributed by atoms with Crippen molar-refractivity contribution in [2.75, 3.05) is 6.54 Å². The van der Waals surface area contributed by atoms with Gasteiger partial charge in [0.1, 0.15) is 6.10 Å². The zero-order valence-corrected chi connectivity index (χ0v) is 9.21. The Morgan fingerprint density at radius 3 is 2.50 bits per heavy atom. The van der Waals surface area contributed by atoms with Crippen LogP contribution in [-0.4, -0.2) is 27.8 Å². The van der Waals surface area contributed by atoms with Gasteiger partial charge in [-0.05, 0) is 26.8 Å². The van der Waals surface area contributed by atoms with Gasteiger partial charge < -0.3 is 15.9 Å². The molecule has 0 aliphatic heterocycles. The van der Waals surface area contributed by atoms with E-state index in [1.54, 1.807) is 0 Å². The number of aromatic nitrogens is 1. The van der Waals surface area contributed by atoms with Crippen LogP contribution in [-0.2, 0) is 0 Å². The summed E-state index contributed by atoms with van der Waals surface area (Å²) in [6.07, 6.45) is -1.25. The summed E-state index contributed by atoms with van der Waals surface area (Å²) in [5.74, 6) is 0. The van der Waals surface area contributed by atoms with Crippen molar-refractivity contribution in [3.63, 3.8) is 0 Å². The monoisotopic (exact) mass is 216 g/mol. The molecule has 0 aliphatic carbocycles. The molecule has 1 aromatic rings. The first kappa shape index (κ1) is 11.6. The summed E-state index contributed by atoms with van der Waals surface area (Å²) < 4.78 is 0. The zero-order valence-electron chi connectivity index (χ0n) is 8.40. The number of nitrogens with two attached hydrogens (primary N) is 1. The predicted octanol–water partition coefficient (Wildman–Crippen LogP) is 0.503. The van der Waals surface area contributed by atoms with Gasteiger partial charge >= 0.3 is 0 Å². The summed E-state index contributed by atoms with van der Waals surface area (Å²) in [7, 11) is 0. The fourth-order valence-corrected chi connectivity index (χ4v) is 2.30. The van der Waals surface area contributed by atoms with Crippen molar-refractivity contribution in [1.82, 2.24) is 4.98 Å². The third-order valence-corrected chi connectivity index (χ3v) is 3.18. The van der Waals surface area contributed by atoms with Crippen LogP contribution in [0.15, 0.2) is 0 Å². The highest BCUT2D eigenvalue weighted by molar-refractivity contribution is 7.11. The average molecular weight is 216 g/mol. The van der Waals surface area contributed by atoms with Gasteiger partial charge in [-0.3, -0.25) is 0 Å². The van der Waals surface area contributed by atoms with Crippen molar-refractivity contribution >= 4 is 11.3 Å². The molecule has 0 spiro atoms. The van der Waals surface area contributed by atoms with Gasteiger partial charge in [0.15, 0.2) is 0 Å². The number of nitrogens with zero attached hydrogens (tertiary/aromatic N) is 1. The van der Waals surface area contributed by atoms with Gasteiger partial charge in [0, 0.05) is 0 Å². The molecule has 4 N–H and O–H groups in total. The van der Waals surface area contributed by atoms with E-state index in [9.17, 15) is 10.2 Å². The first-order valence-corrected chi connectivity index (χ1v) is 5.38. The first-order chi connectivity index (χ1) is 6.56. The normalized spacial score (nSPS) is 15.5. The van der Waals surface area contributed by atoms with E-state index in [4.69, 9.17) is 5.73 Å². The predicted molar refractivity (Wildman–Crippen MR) is 56.2 cm³/mol. The van der Waals surface area contributed by atoms with Crippen LogP contribution in [0.1, 0.15) is 28.1 Å². The Morgan fingerprint density at radius 1 is 1.43 bits per heavy atom.